The van der Waals surface area contributed by atoms with E-state index in [0.717, 1.165) is 62.4 Å². The molecule has 3 heterocycles. The maximum absolute atomic E-state index is 5.61. The van der Waals surface area contributed by atoms with Crippen molar-refractivity contribution >= 4 is 5.69 Å². The molecule has 0 spiro atoms. The van der Waals surface area contributed by atoms with Gasteiger partial charge in [0.15, 0.2) is 0 Å². The quantitative estimate of drug-likeness (QED) is 0.635. The maximum atomic E-state index is 5.61. The van der Waals surface area contributed by atoms with Crippen molar-refractivity contribution in [2.75, 3.05) is 18.0 Å². The number of rotatable bonds is 7. The molecule has 0 saturated carbocycles. The topological polar surface area (TPSA) is 60.0 Å². The zero-order valence-corrected chi connectivity index (χ0v) is 16.6. The predicted molar refractivity (Wildman–Crippen MR) is 114 cm³/mol. The number of nitrogens with two attached hydrogens (primary N) is 1. The molecule has 0 unspecified atom stereocenters. The van der Waals surface area contributed by atoms with Crippen molar-refractivity contribution in [1.82, 2.24) is 14.8 Å². The molecule has 1 aromatic carbocycles. The number of unbranched alkanes of at least 4 members (excludes halogenated alkanes) is 2. The van der Waals surface area contributed by atoms with Crippen molar-refractivity contribution in [3.05, 3.63) is 65.6 Å². The van der Waals surface area contributed by atoms with Gasteiger partial charge in [0.2, 0.25) is 0 Å². The van der Waals surface area contributed by atoms with Crippen LogP contribution in [0.25, 0.3) is 11.3 Å². The molecule has 3 aromatic rings. The minimum Gasteiger partial charge on any atom is -0.367 e. The van der Waals surface area contributed by atoms with E-state index in [0.29, 0.717) is 0 Å². The Bertz CT molecular complexity index is 916. The first-order chi connectivity index (χ1) is 13.8. The van der Waals surface area contributed by atoms with Gasteiger partial charge < -0.3 is 10.6 Å². The van der Waals surface area contributed by atoms with Crippen molar-refractivity contribution in [3.8, 4) is 11.3 Å². The van der Waals surface area contributed by atoms with E-state index < -0.39 is 0 Å². The van der Waals surface area contributed by atoms with Crippen LogP contribution >= 0.6 is 0 Å². The highest BCUT2D eigenvalue weighted by Crippen LogP contribution is 2.29. The van der Waals surface area contributed by atoms with Gasteiger partial charge in [-0.1, -0.05) is 36.8 Å². The van der Waals surface area contributed by atoms with Gasteiger partial charge in [-0.05, 0) is 38.4 Å². The van der Waals surface area contributed by atoms with Gasteiger partial charge in [0, 0.05) is 54.8 Å². The highest BCUT2D eigenvalue weighted by atomic mass is 15.3. The second-order valence-electron chi connectivity index (χ2n) is 7.52. The molecule has 1 aliphatic heterocycles. The Morgan fingerprint density at radius 1 is 1.07 bits per heavy atom. The van der Waals surface area contributed by atoms with Crippen LogP contribution in [0.5, 0.6) is 0 Å². The van der Waals surface area contributed by atoms with Crippen LogP contribution in [0.15, 0.2) is 48.7 Å². The number of aromatic nitrogens is 3. The molecule has 5 heteroatoms. The first-order valence-corrected chi connectivity index (χ1v) is 10.3. The van der Waals surface area contributed by atoms with Crippen LogP contribution in [-0.2, 0) is 19.5 Å². The van der Waals surface area contributed by atoms with Crippen molar-refractivity contribution in [1.29, 1.82) is 0 Å². The molecule has 146 valence electrons. The number of pyridine rings is 1. The van der Waals surface area contributed by atoms with Crippen LogP contribution in [0, 0.1) is 6.92 Å². The summed E-state index contributed by atoms with van der Waals surface area (Å²) in [4.78, 5) is 7.02. The summed E-state index contributed by atoms with van der Waals surface area (Å²) >= 11 is 0. The summed E-state index contributed by atoms with van der Waals surface area (Å²) < 4.78 is 2.24. The van der Waals surface area contributed by atoms with E-state index in [1.165, 1.54) is 23.4 Å². The predicted octanol–water partition coefficient (Wildman–Crippen LogP) is 3.95. The lowest BCUT2D eigenvalue weighted by molar-refractivity contribution is 0.520. The summed E-state index contributed by atoms with van der Waals surface area (Å²) in [5, 5.41) is 4.83. The molecule has 0 bridgehead atoms. The lowest BCUT2D eigenvalue weighted by atomic mass is 10.0. The molecular formula is C23H29N5. The van der Waals surface area contributed by atoms with E-state index in [9.17, 15) is 0 Å². The SMILES string of the molecule is Cc1nn(CCCCCN)c2c1CN(c1ccnc(-c3ccccc3)c1)CC2. The van der Waals surface area contributed by atoms with Crippen molar-refractivity contribution < 1.29 is 0 Å². The summed E-state index contributed by atoms with van der Waals surface area (Å²) in [5.74, 6) is 0. The van der Waals surface area contributed by atoms with Gasteiger partial charge >= 0.3 is 0 Å². The van der Waals surface area contributed by atoms with Gasteiger partial charge in [0.1, 0.15) is 0 Å². The van der Waals surface area contributed by atoms with Gasteiger partial charge in [0.05, 0.1) is 11.4 Å². The lowest BCUT2D eigenvalue weighted by Gasteiger charge is -2.30. The van der Waals surface area contributed by atoms with E-state index >= 15 is 0 Å². The molecule has 2 aromatic heterocycles. The summed E-state index contributed by atoms with van der Waals surface area (Å²) in [7, 11) is 0. The molecule has 5 nitrogen and oxygen atoms in total. The second-order valence-corrected chi connectivity index (χ2v) is 7.52. The fraction of sp³-hybridized carbons (Fsp3) is 0.391. The van der Waals surface area contributed by atoms with Crippen LogP contribution in [0.4, 0.5) is 5.69 Å². The van der Waals surface area contributed by atoms with E-state index in [-0.39, 0.29) is 0 Å². The highest BCUT2D eigenvalue weighted by molar-refractivity contribution is 5.64. The minimum absolute atomic E-state index is 0.780. The minimum atomic E-state index is 0.780. The van der Waals surface area contributed by atoms with Crippen molar-refractivity contribution in [3.63, 3.8) is 0 Å². The number of hydrogen-bond donors (Lipinski definition) is 1. The average molecular weight is 376 g/mol. The third kappa shape index (κ3) is 3.94. The second kappa shape index (κ2) is 8.57. The molecule has 28 heavy (non-hydrogen) atoms. The fourth-order valence-corrected chi connectivity index (χ4v) is 4.03. The average Bonchev–Trinajstić information content (AvgIpc) is 3.07. The van der Waals surface area contributed by atoms with Gasteiger partial charge in [-0.25, -0.2) is 0 Å². The Kier molecular flexibility index (Phi) is 5.72. The maximum Gasteiger partial charge on any atom is 0.0722 e. The van der Waals surface area contributed by atoms with Crippen LogP contribution in [-0.4, -0.2) is 27.9 Å². The van der Waals surface area contributed by atoms with Gasteiger partial charge in [-0.3, -0.25) is 9.67 Å². The summed E-state index contributed by atoms with van der Waals surface area (Å²) in [6.07, 6.45) is 6.38. The molecule has 0 amide bonds. The molecule has 0 fully saturated rings. The monoisotopic (exact) mass is 375 g/mol. The van der Waals surface area contributed by atoms with Crippen LogP contribution in [0.3, 0.4) is 0 Å². The molecular weight excluding hydrogens is 346 g/mol. The van der Waals surface area contributed by atoms with E-state index in [1.54, 1.807) is 0 Å². The highest BCUT2D eigenvalue weighted by Gasteiger charge is 2.23. The number of hydrogen-bond acceptors (Lipinski definition) is 4. The van der Waals surface area contributed by atoms with Crippen molar-refractivity contribution in [2.24, 2.45) is 5.73 Å². The van der Waals surface area contributed by atoms with Crippen LogP contribution in [0.1, 0.15) is 36.2 Å². The molecule has 0 aliphatic carbocycles. The van der Waals surface area contributed by atoms with Crippen LogP contribution in [0.2, 0.25) is 0 Å². The molecule has 1 aliphatic rings. The zero-order valence-electron chi connectivity index (χ0n) is 16.6. The van der Waals surface area contributed by atoms with Gasteiger partial charge in [0.25, 0.3) is 0 Å². The van der Waals surface area contributed by atoms with Gasteiger partial charge in [-0.15, -0.1) is 0 Å². The summed E-state index contributed by atoms with van der Waals surface area (Å²) in [6, 6.07) is 14.7. The number of nitrogens with zero attached hydrogens (tertiary/aromatic N) is 4. The Morgan fingerprint density at radius 2 is 1.93 bits per heavy atom. The first-order valence-electron chi connectivity index (χ1n) is 10.3. The van der Waals surface area contributed by atoms with Crippen LogP contribution < -0.4 is 10.6 Å². The number of anilines is 1. The third-order valence-electron chi connectivity index (χ3n) is 5.59. The van der Waals surface area contributed by atoms with E-state index in [1.807, 2.05) is 12.3 Å². The zero-order chi connectivity index (χ0) is 19.3. The number of benzene rings is 1. The number of fused-ring (bicyclic) bond motifs is 1. The first kappa shape index (κ1) is 18.7. The molecule has 2 N–H and O–H groups in total. The lowest BCUT2D eigenvalue weighted by Crippen LogP contribution is -2.31. The fourth-order valence-electron chi connectivity index (χ4n) is 4.03. The normalized spacial score (nSPS) is 13.6. The smallest absolute Gasteiger partial charge is 0.0722 e. The summed E-state index contributed by atoms with van der Waals surface area (Å²) in [5.41, 5.74) is 13.0. The number of aryl methyl sites for hydroxylation is 2. The van der Waals surface area contributed by atoms with Gasteiger partial charge in [-0.2, -0.15) is 5.10 Å². The van der Waals surface area contributed by atoms with E-state index in [2.05, 4.69) is 57.9 Å². The molecule has 4 rings (SSSR count). The summed E-state index contributed by atoms with van der Waals surface area (Å²) in [6.45, 7) is 5.85. The van der Waals surface area contributed by atoms with Crippen molar-refractivity contribution in [2.45, 2.75) is 45.7 Å². The molecule has 0 saturated heterocycles. The Labute approximate surface area is 167 Å². The van der Waals surface area contributed by atoms with E-state index in [4.69, 9.17) is 10.8 Å². The third-order valence-corrected chi connectivity index (χ3v) is 5.59. The Morgan fingerprint density at radius 3 is 2.75 bits per heavy atom. The molecule has 0 radical (unpaired) electrons. The Balaban J connectivity index is 1.51. The standard InChI is InChI=1S/C23H29N5/c1-18-21-17-27(15-11-23(21)28(26-18)14-7-3-6-12-24)20-10-13-25-22(16-20)19-8-4-2-5-9-19/h2,4-5,8-10,13,16H,3,6-7,11-12,14-15,17,24H2,1H3. The molecule has 0 atom stereocenters. The largest absolute Gasteiger partial charge is 0.367 e. The Hall–Kier alpha value is -2.66.